The molecule has 0 spiro atoms. The number of fused-ring (bicyclic) bond motifs is 1. The Bertz CT molecular complexity index is 663. The van der Waals surface area contributed by atoms with E-state index in [1.54, 1.807) is 10.6 Å². The number of aromatic nitrogens is 1. The van der Waals surface area contributed by atoms with Gasteiger partial charge in [-0.05, 0) is 19.1 Å². The van der Waals surface area contributed by atoms with E-state index in [-0.39, 0.29) is 11.9 Å². The highest BCUT2D eigenvalue weighted by atomic mass is 16.5. The number of rotatable bonds is 5. The molecule has 0 aliphatic carbocycles. The van der Waals surface area contributed by atoms with Gasteiger partial charge in [-0.2, -0.15) is 0 Å². The highest BCUT2D eigenvalue weighted by Gasteiger charge is 2.31. The molecule has 21 heavy (non-hydrogen) atoms. The molecule has 2 atom stereocenters. The Morgan fingerprint density at radius 1 is 1.33 bits per heavy atom. The van der Waals surface area contributed by atoms with Gasteiger partial charge in [-0.1, -0.05) is 12.1 Å². The van der Waals surface area contributed by atoms with Crippen molar-refractivity contribution >= 4 is 11.1 Å². The summed E-state index contributed by atoms with van der Waals surface area (Å²) >= 11 is 0. The first kappa shape index (κ1) is 14.3. The molecule has 1 aromatic heterocycles. The zero-order chi connectivity index (χ0) is 14.8. The van der Waals surface area contributed by atoms with Crippen molar-refractivity contribution in [3.63, 3.8) is 0 Å². The first-order chi connectivity index (χ1) is 10.2. The number of para-hydroxylation sites is 2. The SMILES string of the molecule is CCO[C@@H]1CN(CCn2c(=O)oc3ccccc32)C[C@H]1O. The molecule has 0 unspecified atom stereocenters. The summed E-state index contributed by atoms with van der Waals surface area (Å²) < 4.78 is 12.3. The Morgan fingerprint density at radius 2 is 2.14 bits per heavy atom. The van der Waals surface area contributed by atoms with E-state index in [0.717, 1.165) is 5.52 Å². The summed E-state index contributed by atoms with van der Waals surface area (Å²) in [7, 11) is 0. The molecule has 6 nitrogen and oxygen atoms in total. The minimum absolute atomic E-state index is 0.132. The Kier molecular flexibility index (Phi) is 4.10. The van der Waals surface area contributed by atoms with Crippen LogP contribution in [0.3, 0.4) is 0 Å². The molecule has 1 aromatic carbocycles. The van der Waals surface area contributed by atoms with Crippen molar-refractivity contribution in [3.8, 4) is 0 Å². The number of likely N-dealkylation sites (tertiary alicyclic amines) is 1. The maximum absolute atomic E-state index is 11.9. The molecule has 6 heteroatoms. The number of oxazole rings is 1. The molecule has 3 rings (SSSR count). The van der Waals surface area contributed by atoms with E-state index in [0.29, 0.717) is 38.4 Å². The molecule has 0 amide bonds. The lowest BCUT2D eigenvalue weighted by atomic mass is 10.3. The summed E-state index contributed by atoms with van der Waals surface area (Å²) in [5.41, 5.74) is 1.42. The topological polar surface area (TPSA) is 67.8 Å². The zero-order valence-electron chi connectivity index (χ0n) is 12.1. The Balaban J connectivity index is 1.67. The van der Waals surface area contributed by atoms with E-state index in [2.05, 4.69) is 4.90 Å². The number of nitrogens with zero attached hydrogens (tertiary/aromatic N) is 2. The largest absolute Gasteiger partial charge is 0.419 e. The second kappa shape index (κ2) is 6.01. The van der Waals surface area contributed by atoms with Gasteiger partial charge in [0.05, 0.1) is 17.7 Å². The number of hydrogen-bond acceptors (Lipinski definition) is 5. The van der Waals surface area contributed by atoms with Gasteiger partial charge in [-0.15, -0.1) is 0 Å². The van der Waals surface area contributed by atoms with Crippen LogP contribution in [-0.4, -0.2) is 53.0 Å². The van der Waals surface area contributed by atoms with Crippen LogP contribution in [0.25, 0.3) is 11.1 Å². The van der Waals surface area contributed by atoms with E-state index in [4.69, 9.17) is 9.15 Å². The molecular formula is C15H20N2O4. The first-order valence-electron chi connectivity index (χ1n) is 7.29. The number of hydrogen-bond donors (Lipinski definition) is 1. The summed E-state index contributed by atoms with van der Waals surface area (Å²) in [4.78, 5) is 14.0. The Morgan fingerprint density at radius 3 is 2.95 bits per heavy atom. The van der Waals surface area contributed by atoms with Gasteiger partial charge in [0.1, 0.15) is 0 Å². The van der Waals surface area contributed by atoms with Crippen LogP contribution >= 0.6 is 0 Å². The molecule has 0 radical (unpaired) electrons. The Labute approximate surface area is 122 Å². The summed E-state index contributed by atoms with van der Waals surface area (Å²) in [6.45, 7) is 5.02. The van der Waals surface area contributed by atoms with E-state index in [1.165, 1.54) is 0 Å². The molecule has 0 saturated carbocycles. The van der Waals surface area contributed by atoms with Gasteiger partial charge in [-0.3, -0.25) is 9.47 Å². The number of benzene rings is 1. The van der Waals surface area contributed by atoms with Crippen molar-refractivity contribution in [2.75, 3.05) is 26.2 Å². The maximum Gasteiger partial charge on any atom is 0.419 e. The third-order valence-corrected chi connectivity index (χ3v) is 3.91. The fourth-order valence-electron chi connectivity index (χ4n) is 2.86. The lowest BCUT2D eigenvalue weighted by molar-refractivity contribution is -0.00242. The molecule has 1 aliphatic heterocycles. The fourth-order valence-corrected chi connectivity index (χ4v) is 2.86. The van der Waals surface area contributed by atoms with E-state index in [9.17, 15) is 9.90 Å². The number of ether oxygens (including phenoxy) is 1. The molecule has 0 bridgehead atoms. The molecule has 1 fully saturated rings. The van der Waals surface area contributed by atoms with Gasteiger partial charge in [-0.25, -0.2) is 4.79 Å². The predicted molar refractivity (Wildman–Crippen MR) is 78.3 cm³/mol. The van der Waals surface area contributed by atoms with Crippen LogP contribution in [0.2, 0.25) is 0 Å². The molecular weight excluding hydrogens is 272 g/mol. The second-order valence-electron chi connectivity index (χ2n) is 5.31. The monoisotopic (exact) mass is 292 g/mol. The fraction of sp³-hybridized carbons (Fsp3) is 0.533. The lowest BCUT2D eigenvalue weighted by Gasteiger charge is -2.15. The van der Waals surface area contributed by atoms with Crippen molar-refractivity contribution in [2.24, 2.45) is 0 Å². The average molecular weight is 292 g/mol. The minimum Gasteiger partial charge on any atom is -0.408 e. The summed E-state index contributed by atoms with van der Waals surface area (Å²) in [6, 6.07) is 7.40. The van der Waals surface area contributed by atoms with Crippen molar-refractivity contribution in [1.29, 1.82) is 0 Å². The van der Waals surface area contributed by atoms with Crippen LogP contribution in [0.5, 0.6) is 0 Å². The highest BCUT2D eigenvalue weighted by molar-refractivity contribution is 5.72. The van der Waals surface area contributed by atoms with Crippen LogP contribution < -0.4 is 5.76 Å². The maximum atomic E-state index is 11.9. The van der Waals surface area contributed by atoms with Crippen molar-refractivity contribution in [2.45, 2.75) is 25.7 Å². The van der Waals surface area contributed by atoms with E-state index in [1.807, 2.05) is 25.1 Å². The van der Waals surface area contributed by atoms with E-state index >= 15 is 0 Å². The van der Waals surface area contributed by atoms with Gasteiger partial charge in [0, 0.05) is 32.8 Å². The third kappa shape index (κ3) is 2.88. The molecule has 1 N–H and O–H groups in total. The van der Waals surface area contributed by atoms with Gasteiger partial charge >= 0.3 is 5.76 Å². The second-order valence-corrected chi connectivity index (χ2v) is 5.31. The molecule has 2 heterocycles. The molecule has 1 saturated heterocycles. The van der Waals surface area contributed by atoms with Crippen LogP contribution in [0.1, 0.15) is 6.92 Å². The summed E-state index contributed by atoms with van der Waals surface area (Å²) in [5.74, 6) is -0.336. The quantitative estimate of drug-likeness (QED) is 0.877. The zero-order valence-corrected chi connectivity index (χ0v) is 12.1. The van der Waals surface area contributed by atoms with Gasteiger partial charge < -0.3 is 14.3 Å². The number of β-amino-alcohol motifs (C(OH)–C–C–N with tert-alkyl or cyclic N) is 1. The van der Waals surface area contributed by atoms with Crippen molar-refractivity contribution < 1.29 is 14.3 Å². The molecule has 1 aliphatic rings. The normalized spacial score (nSPS) is 23.1. The number of aliphatic hydroxyl groups excluding tert-OH is 1. The van der Waals surface area contributed by atoms with Gasteiger partial charge in [0.2, 0.25) is 0 Å². The highest BCUT2D eigenvalue weighted by Crippen LogP contribution is 2.15. The predicted octanol–water partition coefficient (Wildman–Crippen LogP) is 0.676. The van der Waals surface area contributed by atoms with Crippen molar-refractivity contribution in [3.05, 3.63) is 34.8 Å². The first-order valence-corrected chi connectivity index (χ1v) is 7.29. The van der Waals surface area contributed by atoms with Gasteiger partial charge in [0.15, 0.2) is 5.58 Å². The molecule has 2 aromatic rings. The molecule has 114 valence electrons. The van der Waals surface area contributed by atoms with Gasteiger partial charge in [0.25, 0.3) is 0 Å². The standard InChI is InChI=1S/C15H20N2O4/c1-2-20-14-10-16(9-12(14)18)7-8-17-11-5-3-4-6-13(11)21-15(17)19/h3-6,12,14,18H,2,7-10H2,1H3/t12-,14-/m1/s1. The van der Waals surface area contributed by atoms with Crippen molar-refractivity contribution in [1.82, 2.24) is 9.47 Å². The smallest absolute Gasteiger partial charge is 0.408 e. The lowest BCUT2D eigenvalue weighted by Crippen LogP contribution is -2.29. The average Bonchev–Trinajstić information content (AvgIpc) is 2.97. The summed E-state index contributed by atoms with van der Waals surface area (Å²) in [5, 5.41) is 9.92. The number of aliphatic hydroxyl groups is 1. The van der Waals surface area contributed by atoms with Crippen LogP contribution in [0.15, 0.2) is 33.5 Å². The van der Waals surface area contributed by atoms with E-state index < -0.39 is 6.10 Å². The summed E-state index contributed by atoms with van der Waals surface area (Å²) in [6.07, 6.45) is -0.587. The Hall–Kier alpha value is -1.63. The van der Waals surface area contributed by atoms with Crippen LogP contribution in [0.4, 0.5) is 0 Å². The third-order valence-electron chi connectivity index (χ3n) is 3.91. The van der Waals surface area contributed by atoms with Crippen LogP contribution in [0, 0.1) is 0 Å². The van der Waals surface area contributed by atoms with Crippen LogP contribution in [-0.2, 0) is 11.3 Å². The minimum atomic E-state index is -0.456.